The van der Waals surface area contributed by atoms with Crippen molar-refractivity contribution in [2.24, 2.45) is 5.73 Å². The summed E-state index contributed by atoms with van der Waals surface area (Å²) in [5.74, 6) is 0.970. The molecule has 0 fully saturated rings. The van der Waals surface area contributed by atoms with E-state index < -0.39 is 9.84 Å². The first-order valence-electron chi connectivity index (χ1n) is 5.24. The summed E-state index contributed by atoms with van der Waals surface area (Å²) in [7, 11) is -1.52. The topological polar surface area (TPSA) is 78.6 Å². The number of rotatable bonds is 6. The third-order valence-corrected chi connectivity index (χ3v) is 3.72. The summed E-state index contributed by atoms with van der Waals surface area (Å²) in [6, 6.07) is 3.58. The van der Waals surface area contributed by atoms with E-state index in [1.807, 2.05) is 6.07 Å². The lowest BCUT2D eigenvalue weighted by Gasteiger charge is -2.13. The Morgan fingerprint density at radius 1 is 1.39 bits per heavy atom. The summed E-state index contributed by atoms with van der Waals surface area (Å²) >= 11 is 3.35. The molecule has 0 spiro atoms. The molecule has 1 aromatic carbocycles. The molecule has 0 aliphatic carbocycles. The summed E-state index contributed by atoms with van der Waals surface area (Å²) < 4.78 is 33.4. The molecule has 0 aromatic heterocycles. The molecule has 0 aliphatic heterocycles. The van der Waals surface area contributed by atoms with Gasteiger partial charge < -0.3 is 15.2 Å². The van der Waals surface area contributed by atoms with Crippen LogP contribution in [-0.2, 0) is 16.4 Å². The Hall–Kier alpha value is -0.790. The highest BCUT2D eigenvalue weighted by atomic mass is 79.9. The van der Waals surface area contributed by atoms with Crippen molar-refractivity contribution in [3.8, 4) is 11.5 Å². The Balaban J connectivity index is 2.87. The molecule has 0 saturated carbocycles. The SMILES string of the molecule is COc1cc(CN)cc(Br)c1OCCS(C)(=O)=O. The Bertz CT molecular complexity index is 516. The van der Waals surface area contributed by atoms with Crippen LogP contribution in [0.15, 0.2) is 16.6 Å². The van der Waals surface area contributed by atoms with Crippen molar-refractivity contribution in [1.29, 1.82) is 0 Å². The normalized spacial score (nSPS) is 11.3. The van der Waals surface area contributed by atoms with Gasteiger partial charge >= 0.3 is 0 Å². The van der Waals surface area contributed by atoms with Crippen LogP contribution < -0.4 is 15.2 Å². The largest absolute Gasteiger partial charge is 0.493 e. The second-order valence-corrected chi connectivity index (χ2v) is 6.91. The second-order valence-electron chi connectivity index (χ2n) is 3.79. The predicted octanol–water partition coefficient (Wildman–Crippen LogP) is 1.34. The highest BCUT2D eigenvalue weighted by Gasteiger charge is 2.12. The van der Waals surface area contributed by atoms with Crippen LogP contribution in [0.5, 0.6) is 11.5 Å². The number of nitrogens with two attached hydrogens (primary N) is 1. The minimum absolute atomic E-state index is 0.0404. The maximum absolute atomic E-state index is 11.0. The Kier molecular flexibility index (Phi) is 5.43. The smallest absolute Gasteiger partial charge is 0.175 e. The van der Waals surface area contributed by atoms with Crippen LogP contribution >= 0.6 is 15.9 Å². The molecule has 0 atom stereocenters. The van der Waals surface area contributed by atoms with E-state index in [-0.39, 0.29) is 12.4 Å². The molecule has 0 radical (unpaired) electrons. The quantitative estimate of drug-likeness (QED) is 0.847. The maximum atomic E-state index is 11.0. The van der Waals surface area contributed by atoms with E-state index in [1.165, 1.54) is 13.4 Å². The van der Waals surface area contributed by atoms with Crippen molar-refractivity contribution in [3.63, 3.8) is 0 Å². The molecule has 1 rings (SSSR count). The number of ether oxygens (including phenoxy) is 2. The van der Waals surface area contributed by atoms with Crippen molar-refractivity contribution in [2.75, 3.05) is 25.7 Å². The number of hydrogen-bond donors (Lipinski definition) is 1. The van der Waals surface area contributed by atoms with E-state index in [2.05, 4.69) is 15.9 Å². The third-order valence-electron chi connectivity index (χ3n) is 2.23. The van der Waals surface area contributed by atoms with Gasteiger partial charge in [-0.3, -0.25) is 0 Å². The van der Waals surface area contributed by atoms with Gasteiger partial charge in [-0.1, -0.05) is 0 Å². The molecule has 0 heterocycles. The fraction of sp³-hybridized carbons (Fsp3) is 0.455. The molecular formula is C11H16BrNO4S. The van der Waals surface area contributed by atoms with E-state index >= 15 is 0 Å². The Labute approximate surface area is 115 Å². The molecule has 0 unspecified atom stereocenters. The number of methoxy groups -OCH3 is 1. The predicted molar refractivity (Wildman–Crippen MR) is 73.8 cm³/mol. The maximum Gasteiger partial charge on any atom is 0.175 e. The van der Waals surface area contributed by atoms with Crippen LogP contribution in [0.25, 0.3) is 0 Å². The third kappa shape index (κ3) is 4.47. The Morgan fingerprint density at radius 2 is 2.06 bits per heavy atom. The Morgan fingerprint density at radius 3 is 2.56 bits per heavy atom. The molecule has 2 N–H and O–H groups in total. The summed E-state index contributed by atoms with van der Waals surface area (Å²) in [6.07, 6.45) is 1.17. The van der Waals surface area contributed by atoms with Gasteiger partial charge in [-0.2, -0.15) is 0 Å². The van der Waals surface area contributed by atoms with Crippen molar-refractivity contribution in [3.05, 3.63) is 22.2 Å². The fourth-order valence-corrected chi connectivity index (χ4v) is 2.32. The van der Waals surface area contributed by atoms with Gasteiger partial charge in [0.25, 0.3) is 0 Å². The lowest BCUT2D eigenvalue weighted by atomic mass is 10.2. The first-order valence-corrected chi connectivity index (χ1v) is 8.09. The van der Waals surface area contributed by atoms with Gasteiger partial charge in [-0.05, 0) is 33.6 Å². The number of hydrogen-bond acceptors (Lipinski definition) is 5. The summed E-state index contributed by atoms with van der Waals surface area (Å²) in [5.41, 5.74) is 6.45. The fourth-order valence-electron chi connectivity index (χ4n) is 1.33. The minimum atomic E-state index is -3.04. The number of benzene rings is 1. The molecule has 0 amide bonds. The highest BCUT2D eigenvalue weighted by molar-refractivity contribution is 9.10. The molecule has 0 bridgehead atoms. The molecule has 102 valence electrons. The monoisotopic (exact) mass is 337 g/mol. The van der Waals surface area contributed by atoms with E-state index in [1.54, 1.807) is 6.07 Å². The van der Waals surface area contributed by atoms with Crippen LogP contribution in [0.1, 0.15) is 5.56 Å². The van der Waals surface area contributed by atoms with Gasteiger partial charge in [0.1, 0.15) is 6.61 Å². The first kappa shape index (κ1) is 15.3. The van der Waals surface area contributed by atoms with E-state index in [9.17, 15) is 8.42 Å². The van der Waals surface area contributed by atoms with Crippen LogP contribution in [0, 0.1) is 0 Å². The van der Waals surface area contributed by atoms with Gasteiger partial charge in [0.15, 0.2) is 21.3 Å². The van der Waals surface area contributed by atoms with Gasteiger partial charge in [0, 0.05) is 12.8 Å². The molecule has 0 saturated heterocycles. The van der Waals surface area contributed by atoms with E-state index in [0.29, 0.717) is 22.5 Å². The average molecular weight is 338 g/mol. The highest BCUT2D eigenvalue weighted by Crippen LogP contribution is 2.36. The lowest BCUT2D eigenvalue weighted by molar-refractivity contribution is 0.309. The summed E-state index contributed by atoms with van der Waals surface area (Å²) in [4.78, 5) is 0. The summed E-state index contributed by atoms with van der Waals surface area (Å²) in [6.45, 7) is 0.467. The van der Waals surface area contributed by atoms with Gasteiger partial charge in [0.2, 0.25) is 0 Å². The summed E-state index contributed by atoms with van der Waals surface area (Å²) in [5, 5.41) is 0. The zero-order valence-corrected chi connectivity index (χ0v) is 12.7. The second kappa shape index (κ2) is 6.40. The van der Waals surface area contributed by atoms with E-state index in [0.717, 1.165) is 5.56 Å². The number of halogens is 1. The molecule has 5 nitrogen and oxygen atoms in total. The van der Waals surface area contributed by atoms with Crippen molar-refractivity contribution in [2.45, 2.75) is 6.54 Å². The lowest BCUT2D eigenvalue weighted by Crippen LogP contribution is -2.13. The van der Waals surface area contributed by atoms with Gasteiger partial charge in [-0.25, -0.2) is 8.42 Å². The zero-order valence-electron chi connectivity index (χ0n) is 10.3. The molecule has 7 heteroatoms. The van der Waals surface area contributed by atoms with Crippen molar-refractivity contribution < 1.29 is 17.9 Å². The van der Waals surface area contributed by atoms with Crippen LogP contribution in [0.4, 0.5) is 0 Å². The van der Waals surface area contributed by atoms with E-state index in [4.69, 9.17) is 15.2 Å². The molecule has 18 heavy (non-hydrogen) atoms. The van der Waals surface area contributed by atoms with Crippen LogP contribution in [0.3, 0.4) is 0 Å². The molecular weight excluding hydrogens is 322 g/mol. The zero-order chi connectivity index (χ0) is 13.8. The van der Waals surface area contributed by atoms with Gasteiger partial charge in [-0.15, -0.1) is 0 Å². The van der Waals surface area contributed by atoms with Crippen molar-refractivity contribution >= 4 is 25.8 Å². The standard InChI is InChI=1S/C11H16BrNO4S/c1-16-10-6-8(7-13)5-9(12)11(10)17-3-4-18(2,14)15/h5-6H,3-4,7,13H2,1-2H3. The first-order chi connectivity index (χ1) is 8.37. The van der Waals surface area contributed by atoms with Gasteiger partial charge in [0.05, 0.1) is 17.3 Å². The molecule has 0 aliphatic rings. The van der Waals surface area contributed by atoms with Crippen molar-refractivity contribution in [1.82, 2.24) is 0 Å². The average Bonchev–Trinajstić information content (AvgIpc) is 2.29. The van der Waals surface area contributed by atoms with Crippen LogP contribution in [-0.4, -0.2) is 34.1 Å². The minimum Gasteiger partial charge on any atom is -0.493 e. The number of sulfone groups is 1. The van der Waals surface area contributed by atoms with Crippen LogP contribution in [0.2, 0.25) is 0 Å². The molecule has 1 aromatic rings.